The lowest BCUT2D eigenvalue weighted by Gasteiger charge is -2.36. The fourth-order valence-electron chi connectivity index (χ4n) is 4.27. The van der Waals surface area contributed by atoms with E-state index < -0.39 is 0 Å². The molecule has 0 radical (unpaired) electrons. The molecule has 4 nitrogen and oxygen atoms in total. The molecule has 4 heteroatoms. The van der Waals surface area contributed by atoms with Gasteiger partial charge in [0.1, 0.15) is 5.75 Å². The van der Waals surface area contributed by atoms with Crippen LogP contribution >= 0.6 is 0 Å². The van der Waals surface area contributed by atoms with Gasteiger partial charge in [-0.3, -0.25) is 4.90 Å². The maximum Gasteiger partial charge on any atom is 0.121 e. The molecule has 0 unspecified atom stereocenters. The molecule has 148 valence electrons. The number of rotatable bonds is 6. The molecule has 0 spiro atoms. The number of hydrogen-bond donors (Lipinski definition) is 1. The van der Waals surface area contributed by atoms with Gasteiger partial charge < -0.3 is 14.6 Å². The molecule has 0 amide bonds. The van der Waals surface area contributed by atoms with Gasteiger partial charge in [-0.25, -0.2) is 0 Å². The number of hydrogen-bond acceptors (Lipinski definition) is 3. The molecule has 1 aromatic heterocycles. The Kier molecular flexibility index (Phi) is 5.10. The van der Waals surface area contributed by atoms with Gasteiger partial charge in [0.2, 0.25) is 0 Å². The number of H-pyrrole nitrogens is 1. The van der Waals surface area contributed by atoms with Crippen molar-refractivity contribution < 1.29 is 4.74 Å². The van der Waals surface area contributed by atoms with Crippen LogP contribution in [0.2, 0.25) is 0 Å². The van der Waals surface area contributed by atoms with E-state index in [-0.39, 0.29) is 0 Å². The summed E-state index contributed by atoms with van der Waals surface area (Å²) in [6.07, 6.45) is 1.05. The first-order valence-corrected chi connectivity index (χ1v) is 10.5. The second-order valence-electron chi connectivity index (χ2n) is 7.74. The van der Waals surface area contributed by atoms with Gasteiger partial charge in [0.15, 0.2) is 0 Å². The first-order valence-electron chi connectivity index (χ1n) is 10.5. The van der Waals surface area contributed by atoms with Crippen LogP contribution in [-0.4, -0.2) is 49.2 Å². The zero-order valence-electron chi connectivity index (χ0n) is 16.7. The molecule has 1 saturated heterocycles. The summed E-state index contributed by atoms with van der Waals surface area (Å²) in [6, 6.07) is 25.5. The Balaban J connectivity index is 1.10. The van der Waals surface area contributed by atoms with E-state index in [0.29, 0.717) is 0 Å². The minimum atomic E-state index is 0.755. The van der Waals surface area contributed by atoms with Gasteiger partial charge in [0.05, 0.1) is 12.1 Å². The van der Waals surface area contributed by atoms with Crippen LogP contribution < -0.4 is 9.64 Å². The van der Waals surface area contributed by atoms with Crippen molar-refractivity contribution in [1.82, 2.24) is 9.88 Å². The normalized spacial score (nSPS) is 15.2. The Morgan fingerprint density at radius 1 is 0.759 bits per heavy atom. The predicted molar refractivity (Wildman–Crippen MR) is 121 cm³/mol. The van der Waals surface area contributed by atoms with Crippen LogP contribution in [0, 0.1) is 0 Å². The average Bonchev–Trinajstić information content (AvgIpc) is 3.15. The van der Waals surface area contributed by atoms with Gasteiger partial charge in [-0.2, -0.15) is 0 Å². The van der Waals surface area contributed by atoms with Crippen molar-refractivity contribution in [3.8, 4) is 5.75 Å². The molecule has 2 heterocycles. The lowest BCUT2D eigenvalue weighted by atomic mass is 10.1. The van der Waals surface area contributed by atoms with E-state index in [0.717, 1.165) is 57.0 Å². The molecule has 1 N–H and O–H groups in total. The molecule has 0 aliphatic carbocycles. The van der Waals surface area contributed by atoms with Crippen LogP contribution in [0.3, 0.4) is 0 Å². The van der Waals surface area contributed by atoms with E-state index in [4.69, 9.17) is 4.74 Å². The largest absolute Gasteiger partial charge is 0.493 e. The minimum Gasteiger partial charge on any atom is -0.493 e. The third-order valence-corrected chi connectivity index (χ3v) is 5.86. The summed E-state index contributed by atoms with van der Waals surface area (Å²) in [5.41, 5.74) is 3.65. The summed E-state index contributed by atoms with van der Waals surface area (Å²) in [7, 11) is 0. The third-order valence-electron chi connectivity index (χ3n) is 5.86. The van der Waals surface area contributed by atoms with Crippen molar-refractivity contribution in [2.75, 3.05) is 44.2 Å². The second kappa shape index (κ2) is 8.18. The Bertz CT molecular complexity index is 1080. The van der Waals surface area contributed by atoms with Crippen LogP contribution in [0.4, 0.5) is 5.69 Å². The van der Waals surface area contributed by atoms with Crippen molar-refractivity contribution in [3.05, 3.63) is 72.8 Å². The molecule has 1 fully saturated rings. The number of fused-ring (bicyclic) bond motifs is 3. The van der Waals surface area contributed by atoms with Gasteiger partial charge in [0, 0.05) is 60.8 Å². The Morgan fingerprint density at radius 2 is 1.52 bits per heavy atom. The number of anilines is 1. The molecular formula is C25H27N3O. The quantitative estimate of drug-likeness (QED) is 0.479. The van der Waals surface area contributed by atoms with Crippen molar-refractivity contribution >= 4 is 27.5 Å². The zero-order valence-corrected chi connectivity index (χ0v) is 16.7. The van der Waals surface area contributed by atoms with Crippen LogP contribution in [0.25, 0.3) is 21.8 Å². The number of ether oxygens (including phenoxy) is 1. The van der Waals surface area contributed by atoms with Gasteiger partial charge in [-0.05, 0) is 36.8 Å². The molecule has 29 heavy (non-hydrogen) atoms. The highest BCUT2D eigenvalue weighted by Gasteiger charge is 2.16. The number of aromatic nitrogens is 1. The van der Waals surface area contributed by atoms with Crippen LogP contribution in [-0.2, 0) is 0 Å². The van der Waals surface area contributed by atoms with Crippen molar-refractivity contribution in [3.63, 3.8) is 0 Å². The highest BCUT2D eigenvalue weighted by Crippen LogP contribution is 2.28. The smallest absolute Gasteiger partial charge is 0.121 e. The number of nitrogens with one attached hydrogen (secondary N) is 1. The summed E-state index contributed by atoms with van der Waals surface area (Å²) >= 11 is 0. The molecule has 0 bridgehead atoms. The van der Waals surface area contributed by atoms with E-state index in [1.165, 1.54) is 22.0 Å². The number of nitrogens with zero attached hydrogens (tertiary/aromatic N) is 2. The fraction of sp³-hybridized carbons (Fsp3) is 0.280. The molecule has 1 aliphatic heterocycles. The van der Waals surface area contributed by atoms with Crippen LogP contribution in [0.1, 0.15) is 6.42 Å². The third kappa shape index (κ3) is 3.94. The molecule has 3 aromatic carbocycles. The average molecular weight is 386 g/mol. The van der Waals surface area contributed by atoms with Crippen molar-refractivity contribution in [1.29, 1.82) is 0 Å². The Morgan fingerprint density at radius 3 is 2.38 bits per heavy atom. The van der Waals surface area contributed by atoms with E-state index in [2.05, 4.69) is 87.6 Å². The monoisotopic (exact) mass is 385 g/mol. The van der Waals surface area contributed by atoms with E-state index in [1.807, 2.05) is 0 Å². The molecule has 0 atom stereocenters. The number of para-hydroxylation sites is 2. The topological polar surface area (TPSA) is 31.5 Å². The Hall–Kier alpha value is -2.98. The molecule has 0 saturated carbocycles. The van der Waals surface area contributed by atoms with Crippen molar-refractivity contribution in [2.45, 2.75) is 6.42 Å². The molecule has 1 aliphatic rings. The lowest BCUT2D eigenvalue weighted by Crippen LogP contribution is -2.46. The van der Waals surface area contributed by atoms with Gasteiger partial charge in [-0.1, -0.05) is 36.4 Å². The summed E-state index contributed by atoms with van der Waals surface area (Å²) in [5, 5.41) is 2.52. The standard InChI is InChI=1S/C25H27N3O/c1-2-7-20(8-3-1)28-16-14-27(15-17-28)13-6-18-29-21-11-12-23-22-9-4-5-10-24(22)26-25(23)19-21/h1-5,7-12,19,26H,6,13-18H2. The summed E-state index contributed by atoms with van der Waals surface area (Å²) in [6.45, 7) is 6.29. The second-order valence-corrected chi connectivity index (χ2v) is 7.74. The van der Waals surface area contributed by atoms with E-state index in [9.17, 15) is 0 Å². The molecule has 4 aromatic rings. The highest BCUT2D eigenvalue weighted by molar-refractivity contribution is 6.07. The zero-order chi connectivity index (χ0) is 19.5. The first kappa shape index (κ1) is 18.1. The first-order chi connectivity index (χ1) is 14.4. The van der Waals surface area contributed by atoms with Gasteiger partial charge >= 0.3 is 0 Å². The molecule has 5 rings (SSSR count). The molecular weight excluding hydrogens is 358 g/mol. The number of aromatic amines is 1. The van der Waals surface area contributed by atoms with E-state index in [1.54, 1.807) is 0 Å². The Labute approximate surface area is 171 Å². The fourth-order valence-corrected chi connectivity index (χ4v) is 4.27. The number of benzene rings is 3. The maximum absolute atomic E-state index is 6.03. The predicted octanol–water partition coefficient (Wildman–Crippen LogP) is 4.91. The van der Waals surface area contributed by atoms with Gasteiger partial charge in [-0.15, -0.1) is 0 Å². The summed E-state index contributed by atoms with van der Waals surface area (Å²) in [5.74, 6) is 0.943. The highest BCUT2D eigenvalue weighted by atomic mass is 16.5. The van der Waals surface area contributed by atoms with Crippen LogP contribution in [0.5, 0.6) is 5.75 Å². The van der Waals surface area contributed by atoms with Gasteiger partial charge in [0.25, 0.3) is 0 Å². The number of piperazine rings is 1. The summed E-state index contributed by atoms with van der Waals surface area (Å²) in [4.78, 5) is 8.51. The maximum atomic E-state index is 6.03. The minimum absolute atomic E-state index is 0.755. The summed E-state index contributed by atoms with van der Waals surface area (Å²) < 4.78 is 6.03. The lowest BCUT2D eigenvalue weighted by molar-refractivity contribution is 0.225. The van der Waals surface area contributed by atoms with Crippen LogP contribution in [0.15, 0.2) is 72.8 Å². The van der Waals surface area contributed by atoms with E-state index >= 15 is 0 Å². The SMILES string of the molecule is c1ccc(N2CCN(CCCOc3ccc4c(c3)[nH]c3ccccc34)CC2)cc1. The van der Waals surface area contributed by atoms with Crippen molar-refractivity contribution in [2.24, 2.45) is 0 Å².